The fourth-order valence-corrected chi connectivity index (χ4v) is 2.33. The van der Waals surface area contributed by atoms with Crippen LogP contribution >= 0.6 is 11.3 Å². The van der Waals surface area contributed by atoms with Crippen LogP contribution in [-0.2, 0) is 6.42 Å². The van der Waals surface area contributed by atoms with Gasteiger partial charge in [-0.15, -0.1) is 21.5 Å². The van der Waals surface area contributed by atoms with E-state index >= 15 is 0 Å². The molecule has 3 nitrogen and oxygen atoms in total. The molecule has 0 aromatic carbocycles. The quantitative estimate of drug-likeness (QED) is 0.787. The number of nitrogens with one attached hydrogen (secondary N) is 1. The fraction of sp³-hybridized carbons (Fsp3) is 0.800. The normalized spacial score (nSPS) is 13.1. The van der Waals surface area contributed by atoms with Gasteiger partial charge in [0, 0.05) is 12.5 Å². The molecule has 4 heteroatoms. The van der Waals surface area contributed by atoms with Crippen molar-refractivity contribution < 1.29 is 0 Å². The van der Waals surface area contributed by atoms with Crippen LogP contribution in [0.3, 0.4) is 0 Å². The van der Waals surface area contributed by atoms with Crippen molar-refractivity contribution in [1.29, 1.82) is 0 Å². The summed E-state index contributed by atoms with van der Waals surface area (Å²) in [5, 5.41) is 13.9. The average Bonchev–Trinajstić information content (AvgIpc) is 2.52. The Morgan fingerprint density at radius 3 is 2.64 bits per heavy atom. The molecule has 0 spiro atoms. The van der Waals surface area contributed by atoms with Crippen LogP contribution in [0.15, 0.2) is 0 Å². The van der Waals surface area contributed by atoms with Crippen molar-refractivity contribution in [3.05, 3.63) is 10.0 Å². The Kier molecular flexibility index (Phi) is 5.04. The summed E-state index contributed by atoms with van der Waals surface area (Å²) in [5.41, 5.74) is 0. The minimum atomic E-state index is 0.567. The molecule has 1 unspecified atom stereocenters. The van der Waals surface area contributed by atoms with Crippen LogP contribution in [0.1, 0.15) is 36.7 Å². The molecule has 0 aliphatic rings. The number of aryl methyl sites for hydroxylation is 1. The smallest absolute Gasteiger partial charge is 0.118 e. The molecule has 1 N–H and O–H groups in total. The first-order valence-corrected chi connectivity index (χ1v) is 6.10. The highest BCUT2D eigenvalue weighted by molar-refractivity contribution is 7.11. The van der Waals surface area contributed by atoms with Gasteiger partial charge in [-0.2, -0.15) is 0 Å². The van der Waals surface area contributed by atoms with Gasteiger partial charge >= 0.3 is 0 Å². The molecular weight excluding hydrogens is 194 g/mol. The highest BCUT2D eigenvalue weighted by Gasteiger charge is 2.10. The molecule has 1 rings (SSSR count). The van der Waals surface area contributed by atoms with Gasteiger partial charge in [-0.25, -0.2) is 0 Å². The Morgan fingerprint density at radius 2 is 2.14 bits per heavy atom. The van der Waals surface area contributed by atoms with Crippen LogP contribution in [0.5, 0.6) is 0 Å². The first-order chi connectivity index (χ1) is 6.76. The minimum absolute atomic E-state index is 0.567. The lowest BCUT2D eigenvalue weighted by Gasteiger charge is -2.14. The predicted octanol–water partition coefficient (Wildman–Crippen LogP) is 2.17. The highest BCUT2D eigenvalue weighted by atomic mass is 32.1. The van der Waals surface area contributed by atoms with Crippen molar-refractivity contribution in [1.82, 2.24) is 15.5 Å². The maximum absolute atomic E-state index is 4.15. The molecule has 0 aliphatic carbocycles. The second-order valence-electron chi connectivity index (χ2n) is 3.46. The molecule has 0 fully saturated rings. The SMILES string of the molecule is CCCC(Cc1nnc(C)s1)NCC. The third-order valence-corrected chi connectivity index (χ3v) is 2.98. The summed E-state index contributed by atoms with van der Waals surface area (Å²) in [6.07, 6.45) is 3.45. The molecule has 14 heavy (non-hydrogen) atoms. The molecule has 1 atom stereocenters. The van der Waals surface area contributed by atoms with Crippen molar-refractivity contribution in [2.75, 3.05) is 6.54 Å². The molecule has 0 aliphatic heterocycles. The lowest BCUT2D eigenvalue weighted by atomic mass is 10.1. The average molecular weight is 213 g/mol. The maximum Gasteiger partial charge on any atom is 0.118 e. The molecule has 0 saturated carbocycles. The first kappa shape index (κ1) is 11.6. The van der Waals surface area contributed by atoms with Crippen molar-refractivity contribution >= 4 is 11.3 Å². The molecule has 0 bridgehead atoms. The number of rotatable bonds is 6. The Morgan fingerprint density at radius 1 is 1.36 bits per heavy atom. The van der Waals surface area contributed by atoms with Crippen LogP contribution in [0.2, 0.25) is 0 Å². The summed E-state index contributed by atoms with van der Waals surface area (Å²) in [5.74, 6) is 0. The standard InChI is InChI=1S/C10H19N3S/c1-4-6-9(11-5-2)7-10-13-12-8(3)14-10/h9,11H,4-7H2,1-3H3. The van der Waals surface area contributed by atoms with Gasteiger partial charge in [0.15, 0.2) is 0 Å². The molecule has 0 amide bonds. The van der Waals surface area contributed by atoms with Gasteiger partial charge in [-0.1, -0.05) is 20.3 Å². The third kappa shape index (κ3) is 3.72. The Balaban J connectivity index is 2.46. The van der Waals surface area contributed by atoms with Crippen LogP contribution < -0.4 is 5.32 Å². The van der Waals surface area contributed by atoms with Gasteiger partial charge in [0.25, 0.3) is 0 Å². The van der Waals surface area contributed by atoms with E-state index in [-0.39, 0.29) is 0 Å². The van der Waals surface area contributed by atoms with Gasteiger partial charge in [0.05, 0.1) is 0 Å². The number of hydrogen-bond donors (Lipinski definition) is 1. The van der Waals surface area contributed by atoms with E-state index in [1.807, 2.05) is 6.92 Å². The van der Waals surface area contributed by atoms with Crippen LogP contribution in [0.25, 0.3) is 0 Å². The largest absolute Gasteiger partial charge is 0.314 e. The van der Waals surface area contributed by atoms with E-state index in [0.717, 1.165) is 23.0 Å². The van der Waals surface area contributed by atoms with Gasteiger partial charge in [0.1, 0.15) is 10.0 Å². The molecule has 80 valence electrons. The van der Waals surface area contributed by atoms with Crippen LogP contribution in [0.4, 0.5) is 0 Å². The fourth-order valence-electron chi connectivity index (χ4n) is 1.54. The lowest BCUT2D eigenvalue weighted by Crippen LogP contribution is -2.30. The molecule has 1 aromatic heterocycles. The van der Waals surface area contributed by atoms with Gasteiger partial charge in [0.2, 0.25) is 0 Å². The van der Waals surface area contributed by atoms with Crippen molar-refractivity contribution in [2.24, 2.45) is 0 Å². The van der Waals surface area contributed by atoms with Crippen LogP contribution in [0, 0.1) is 6.92 Å². The van der Waals surface area contributed by atoms with Gasteiger partial charge in [-0.05, 0) is 19.9 Å². The molecule has 0 saturated heterocycles. The van der Waals surface area contributed by atoms with Crippen molar-refractivity contribution in [3.63, 3.8) is 0 Å². The van der Waals surface area contributed by atoms with E-state index in [0.29, 0.717) is 6.04 Å². The zero-order chi connectivity index (χ0) is 10.4. The molecule has 0 radical (unpaired) electrons. The van der Waals surface area contributed by atoms with Crippen LogP contribution in [-0.4, -0.2) is 22.8 Å². The summed E-state index contributed by atoms with van der Waals surface area (Å²) >= 11 is 1.71. The molecular formula is C10H19N3S. The number of nitrogens with zero attached hydrogens (tertiary/aromatic N) is 2. The van der Waals surface area contributed by atoms with E-state index in [1.54, 1.807) is 11.3 Å². The van der Waals surface area contributed by atoms with Gasteiger partial charge in [-0.3, -0.25) is 0 Å². The predicted molar refractivity (Wildman–Crippen MR) is 60.7 cm³/mol. The van der Waals surface area contributed by atoms with Gasteiger partial charge < -0.3 is 5.32 Å². The van der Waals surface area contributed by atoms with E-state index in [1.165, 1.54) is 12.8 Å². The maximum atomic E-state index is 4.15. The second kappa shape index (κ2) is 6.09. The topological polar surface area (TPSA) is 37.8 Å². The van der Waals surface area contributed by atoms with E-state index in [4.69, 9.17) is 0 Å². The summed E-state index contributed by atoms with van der Waals surface area (Å²) in [7, 11) is 0. The summed E-state index contributed by atoms with van der Waals surface area (Å²) in [6, 6.07) is 0.567. The number of aromatic nitrogens is 2. The number of hydrogen-bond acceptors (Lipinski definition) is 4. The number of likely N-dealkylation sites (N-methyl/N-ethyl adjacent to an activating group) is 1. The molecule has 1 heterocycles. The zero-order valence-corrected chi connectivity index (χ0v) is 10.0. The summed E-state index contributed by atoms with van der Waals surface area (Å²) < 4.78 is 0. The highest BCUT2D eigenvalue weighted by Crippen LogP contribution is 2.12. The zero-order valence-electron chi connectivity index (χ0n) is 9.21. The summed E-state index contributed by atoms with van der Waals surface area (Å²) in [4.78, 5) is 0. The van der Waals surface area contributed by atoms with Crippen molar-refractivity contribution in [2.45, 2.75) is 46.1 Å². The summed E-state index contributed by atoms with van der Waals surface area (Å²) in [6.45, 7) is 7.40. The third-order valence-electron chi connectivity index (χ3n) is 2.12. The monoisotopic (exact) mass is 213 g/mol. The lowest BCUT2D eigenvalue weighted by molar-refractivity contribution is 0.484. The Hall–Kier alpha value is -0.480. The second-order valence-corrected chi connectivity index (χ2v) is 4.73. The first-order valence-electron chi connectivity index (χ1n) is 5.28. The van der Waals surface area contributed by atoms with E-state index in [2.05, 4.69) is 29.4 Å². The Labute approximate surface area is 89.9 Å². The van der Waals surface area contributed by atoms with E-state index in [9.17, 15) is 0 Å². The van der Waals surface area contributed by atoms with E-state index < -0.39 is 0 Å². The Bertz CT molecular complexity index is 254. The molecule has 1 aromatic rings. The minimum Gasteiger partial charge on any atom is -0.314 e. The van der Waals surface area contributed by atoms with Crippen molar-refractivity contribution in [3.8, 4) is 0 Å².